The molecule has 1 saturated carbocycles. The van der Waals surface area contributed by atoms with E-state index < -0.39 is 5.82 Å². The minimum Gasteiger partial charge on any atom is -0.368 e. The SMILES string of the molecule is CN1CC(n2cc(-c3nc(N)ncc3F)c3cc(Br)nc(C4CC4)c32)C1. The van der Waals surface area contributed by atoms with Crippen LogP contribution in [-0.4, -0.2) is 44.6 Å². The zero-order valence-electron chi connectivity index (χ0n) is 14.3. The van der Waals surface area contributed by atoms with Crippen molar-refractivity contribution in [3.8, 4) is 11.3 Å². The number of nitrogen functional groups attached to an aromatic ring is 1. The first kappa shape index (κ1) is 16.1. The highest BCUT2D eigenvalue weighted by atomic mass is 79.9. The van der Waals surface area contributed by atoms with Gasteiger partial charge in [0.1, 0.15) is 10.3 Å². The van der Waals surface area contributed by atoms with Crippen molar-refractivity contribution in [1.29, 1.82) is 0 Å². The molecule has 1 saturated heterocycles. The second-order valence-corrected chi connectivity index (χ2v) is 8.06. The van der Waals surface area contributed by atoms with E-state index in [1.165, 1.54) is 0 Å². The number of rotatable bonds is 3. The van der Waals surface area contributed by atoms with Gasteiger partial charge in [-0.05, 0) is 41.9 Å². The molecule has 2 N–H and O–H groups in total. The molecule has 1 aliphatic carbocycles. The number of hydrogen-bond donors (Lipinski definition) is 1. The quantitative estimate of drug-likeness (QED) is 0.662. The largest absolute Gasteiger partial charge is 0.368 e. The van der Waals surface area contributed by atoms with Gasteiger partial charge in [-0.25, -0.2) is 19.3 Å². The van der Waals surface area contributed by atoms with Gasteiger partial charge in [0.15, 0.2) is 5.82 Å². The molecule has 3 aromatic heterocycles. The summed E-state index contributed by atoms with van der Waals surface area (Å²) in [6.07, 6.45) is 5.44. The number of halogens is 2. The van der Waals surface area contributed by atoms with E-state index in [-0.39, 0.29) is 11.6 Å². The number of aromatic nitrogens is 4. The Morgan fingerprint density at radius 3 is 2.73 bits per heavy atom. The number of hydrogen-bond acceptors (Lipinski definition) is 5. The Morgan fingerprint density at radius 1 is 1.27 bits per heavy atom. The van der Waals surface area contributed by atoms with Crippen LogP contribution in [0.1, 0.15) is 30.5 Å². The van der Waals surface area contributed by atoms with E-state index in [0.717, 1.165) is 58.9 Å². The van der Waals surface area contributed by atoms with Crippen molar-refractivity contribution < 1.29 is 4.39 Å². The van der Waals surface area contributed by atoms with Crippen molar-refractivity contribution in [2.45, 2.75) is 24.8 Å². The van der Waals surface area contributed by atoms with Crippen LogP contribution in [0.5, 0.6) is 0 Å². The molecule has 0 radical (unpaired) electrons. The maximum atomic E-state index is 14.5. The lowest BCUT2D eigenvalue weighted by Gasteiger charge is -2.37. The Balaban J connectivity index is 1.80. The van der Waals surface area contributed by atoms with Gasteiger partial charge in [0.25, 0.3) is 0 Å². The molecule has 0 aromatic carbocycles. The first-order valence-corrected chi connectivity index (χ1v) is 9.48. The van der Waals surface area contributed by atoms with E-state index >= 15 is 0 Å². The average Bonchev–Trinajstić information content (AvgIpc) is 3.35. The van der Waals surface area contributed by atoms with Gasteiger partial charge in [-0.3, -0.25) is 0 Å². The van der Waals surface area contributed by atoms with Crippen LogP contribution >= 0.6 is 15.9 Å². The van der Waals surface area contributed by atoms with Crippen LogP contribution in [0.15, 0.2) is 23.1 Å². The van der Waals surface area contributed by atoms with E-state index in [0.29, 0.717) is 12.0 Å². The first-order chi connectivity index (χ1) is 12.5. The predicted molar refractivity (Wildman–Crippen MR) is 101 cm³/mol. The summed E-state index contributed by atoms with van der Waals surface area (Å²) in [4.78, 5) is 15.0. The van der Waals surface area contributed by atoms with Gasteiger partial charge in [0.05, 0.1) is 23.4 Å². The van der Waals surface area contributed by atoms with Crippen molar-refractivity contribution >= 4 is 32.8 Å². The van der Waals surface area contributed by atoms with Crippen LogP contribution in [0.4, 0.5) is 10.3 Å². The van der Waals surface area contributed by atoms with Crippen molar-refractivity contribution in [3.63, 3.8) is 0 Å². The zero-order valence-corrected chi connectivity index (χ0v) is 15.9. The molecule has 6 nitrogen and oxygen atoms in total. The fourth-order valence-electron chi connectivity index (χ4n) is 3.81. The average molecular weight is 417 g/mol. The summed E-state index contributed by atoms with van der Waals surface area (Å²) in [5, 5.41) is 0.959. The van der Waals surface area contributed by atoms with Crippen LogP contribution in [0.25, 0.3) is 22.2 Å². The molecule has 0 spiro atoms. The number of fused-ring (bicyclic) bond motifs is 1. The van der Waals surface area contributed by atoms with Crippen molar-refractivity contribution in [2.75, 3.05) is 25.9 Å². The smallest absolute Gasteiger partial charge is 0.220 e. The summed E-state index contributed by atoms with van der Waals surface area (Å²) >= 11 is 3.53. The number of likely N-dealkylation sites (N-methyl/N-ethyl adjacent to an activating group) is 1. The summed E-state index contributed by atoms with van der Waals surface area (Å²) in [7, 11) is 2.10. The summed E-state index contributed by atoms with van der Waals surface area (Å²) < 4.78 is 17.5. The van der Waals surface area contributed by atoms with E-state index in [1.807, 2.05) is 12.3 Å². The van der Waals surface area contributed by atoms with Crippen molar-refractivity contribution in [1.82, 2.24) is 24.4 Å². The lowest BCUT2D eigenvalue weighted by Crippen LogP contribution is -2.44. The fraction of sp³-hybridized carbons (Fsp3) is 0.389. The van der Waals surface area contributed by atoms with E-state index in [4.69, 9.17) is 10.7 Å². The molecular formula is C18H18BrFN6. The highest BCUT2D eigenvalue weighted by Gasteiger charge is 2.33. The van der Waals surface area contributed by atoms with Crippen LogP contribution in [-0.2, 0) is 0 Å². The van der Waals surface area contributed by atoms with Gasteiger partial charge >= 0.3 is 0 Å². The fourth-order valence-corrected chi connectivity index (χ4v) is 4.23. The molecule has 1 aliphatic heterocycles. The monoisotopic (exact) mass is 416 g/mol. The van der Waals surface area contributed by atoms with Crippen molar-refractivity contribution in [2.24, 2.45) is 0 Å². The molecule has 2 aliphatic rings. The molecule has 8 heteroatoms. The Hall–Kier alpha value is -2.06. The first-order valence-electron chi connectivity index (χ1n) is 8.69. The van der Waals surface area contributed by atoms with Crippen LogP contribution in [0, 0.1) is 5.82 Å². The lowest BCUT2D eigenvalue weighted by atomic mass is 10.1. The number of pyridine rings is 1. The van der Waals surface area contributed by atoms with E-state index in [9.17, 15) is 4.39 Å². The summed E-state index contributed by atoms with van der Waals surface area (Å²) in [6, 6.07) is 2.31. The molecule has 134 valence electrons. The van der Waals surface area contributed by atoms with Gasteiger partial charge < -0.3 is 15.2 Å². The molecule has 0 unspecified atom stereocenters. The number of anilines is 1. The highest BCUT2D eigenvalue weighted by molar-refractivity contribution is 9.10. The Morgan fingerprint density at radius 2 is 2.04 bits per heavy atom. The van der Waals surface area contributed by atoms with Gasteiger partial charge in [-0.2, -0.15) is 0 Å². The minimum atomic E-state index is -0.468. The normalized spacial score (nSPS) is 18.4. The van der Waals surface area contributed by atoms with Crippen LogP contribution in [0.3, 0.4) is 0 Å². The van der Waals surface area contributed by atoms with Gasteiger partial charge in [-0.15, -0.1) is 0 Å². The van der Waals surface area contributed by atoms with Gasteiger partial charge in [-0.1, -0.05) is 0 Å². The molecule has 5 rings (SSSR count). The molecule has 0 bridgehead atoms. The maximum Gasteiger partial charge on any atom is 0.220 e. The Labute approximate surface area is 158 Å². The second kappa shape index (κ2) is 5.72. The maximum absolute atomic E-state index is 14.5. The summed E-state index contributed by atoms with van der Waals surface area (Å²) in [5.74, 6) is 0.0840. The molecule has 26 heavy (non-hydrogen) atoms. The van der Waals surface area contributed by atoms with Crippen molar-refractivity contribution in [3.05, 3.63) is 34.6 Å². The van der Waals surface area contributed by atoms with E-state index in [2.05, 4.69) is 42.4 Å². The minimum absolute atomic E-state index is 0.0706. The third-order valence-corrected chi connectivity index (χ3v) is 5.63. The third kappa shape index (κ3) is 2.51. The lowest BCUT2D eigenvalue weighted by molar-refractivity contribution is 0.144. The molecule has 0 amide bonds. The van der Waals surface area contributed by atoms with Gasteiger partial charge in [0, 0.05) is 36.2 Å². The van der Waals surface area contributed by atoms with E-state index in [1.54, 1.807) is 0 Å². The highest BCUT2D eigenvalue weighted by Crippen LogP contribution is 2.46. The molecule has 0 atom stereocenters. The number of nitrogens with two attached hydrogens (primary N) is 1. The number of likely N-dealkylation sites (tertiary alicyclic amines) is 1. The molecule has 2 fully saturated rings. The third-order valence-electron chi connectivity index (χ3n) is 5.23. The van der Waals surface area contributed by atoms with Crippen LogP contribution < -0.4 is 5.73 Å². The molecule has 3 aromatic rings. The second-order valence-electron chi connectivity index (χ2n) is 7.25. The van der Waals surface area contributed by atoms with Gasteiger partial charge in [0.2, 0.25) is 5.95 Å². The summed E-state index contributed by atoms with van der Waals surface area (Å²) in [5.41, 5.74) is 8.90. The Bertz CT molecular complexity index is 1020. The topological polar surface area (TPSA) is 72.9 Å². The summed E-state index contributed by atoms with van der Waals surface area (Å²) in [6.45, 7) is 1.94. The molecule has 4 heterocycles. The standard InChI is InChI=1S/C18H18BrFN6/c1-25-6-10(7-25)26-8-12(16-13(20)5-22-18(21)24-16)11-4-14(19)23-15(17(11)26)9-2-3-9/h4-5,8-10H,2-3,6-7H2,1H3,(H2,21,22,24). The van der Waals surface area contributed by atoms with Crippen LogP contribution in [0.2, 0.25) is 0 Å². The Kier molecular flexibility index (Phi) is 3.55. The molecular weight excluding hydrogens is 399 g/mol. The number of nitrogens with zero attached hydrogens (tertiary/aromatic N) is 5. The zero-order chi connectivity index (χ0) is 18.0. The predicted octanol–water partition coefficient (Wildman–Crippen LogP) is 3.34.